The Balaban J connectivity index is 2.16. The summed E-state index contributed by atoms with van der Waals surface area (Å²) in [5.74, 6) is -1.12. The summed E-state index contributed by atoms with van der Waals surface area (Å²) in [6, 6.07) is -0.533. The lowest BCUT2D eigenvalue weighted by Crippen LogP contribution is -2.46. The maximum Gasteiger partial charge on any atom is 0.314 e. The lowest BCUT2D eigenvalue weighted by atomic mass is 10.0. The van der Waals surface area contributed by atoms with Crippen LogP contribution in [0.15, 0.2) is 0 Å². The van der Waals surface area contributed by atoms with Crippen molar-refractivity contribution >= 4 is 17.9 Å². The second-order valence-corrected chi connectivity index (χ2v) is 5.51. The molecule has 1 unspecified atom stereocenters. The highest BCUT2D eigenvalue weighted by molar-refractivity contribution is 5.78. The number of amides is 3. The van der Waals surface area contributed by atoms with Crippen LogP contribution >= 0.6 is 0 Å². The van der Waals surface area contributed by atoms with Gasteiger partial charge in [0.15, 0.2) is 0 Å². The van der Waals surface area contributed by atoms with Crippen LogP contribution in [0, 0.1) is 0 Å². The van der Waals surface area contributed by atoms with Crippen molar-refractivity contribution in [2.75, 3.05) is 26.2 Å². The SMILES string of the molecule is CC(O)(CNC(=O)NCCC(=O)N1CCCC1)CC(=O)O. The molecule has 0 aromatic heterocycles. The van der Waals surface area contributed by atoms with Crippen LogP contribution in [0.3, 0.4) is 0 Å². The van der Waals surface area contributed by atoms with E-state index in [9.17, 15) is 19.5 Å². The molecule has 0 aromatic rings. The van der Waals surface area contributed by atoms with Crippen LogP contribution in [-0.4, -0.2) is 64.8 Å². The molecule has 1 aliphatic heterocycles. The molecule has 4 N–H and O–H groups in total. The molecular weight excluding hydrogens is 278 g/mol. The quantitative estimate of drug-likeness (QED) is 0.506. The molecule has 8 nitrogen and oxygen atoms in total. The molecule has 0 spiro atoms. The van der Waals surface area contributed by atoms with Crippen LogP contribution < -0.4 is 10.6 Å². The minimum absolute atomic E-state index is 0.0191. The number of carbonyl (C=O) groups excluding carboxylic acids is 2. The van der Waals surface area contributed by atoms with E-state index in [1.165, 1.54) is 6.92 Å². The number of urea groups is 1. The molecule has 21 heavy (non-hydrogen) atoms. The van der Waals surface area contributed by atoms with E-state index in [-0.39, 0.29) is 25.4 Å². The Labute approximate surface area is 123 Å². The van der Waals surface area contributed by atoms with Gasteiger partial charge >= 0.3 is 12.0 Å². The van der Waals surface area contributed by atoms with Crippen molar-refractivity contribution in [3.05, 3.63) is 0 Å². The first kappa shape index (κ1) is 17.2. The summed E-state index contributed by atoms with van der Waals surface area (Å²) in [4.78, 5) is 35.5. The van der Waals surface area contributed by atoms with Crippen LogP contribution in [0.4, 0.5) is 4.79 Å². The maximum atomic E-state index is 11.7. The zero-order chi connectivity index (χ0) is 15.9. The van der Waals surface area contributed by atoms with Crippen molar-refractivity contribution in [2.45, 2.75) is 38.2 Å². The zero-order valence-electron chi connectivity index (χ0n) is 12.2. The Morgan fingerprint density at radius 1 is 1.19 bits per heavy atom. The highest BCUT2D eigenvalue weighted by Crippen LogP contribution is 2.08. The number of hydrogen-bond donors (Lipinski definition) is 4. The van der Waals surface area contributed by atoms with Gasteiger partial charge in [-0.3, -0.25) is 9.59 Å². The van der Waals surface area contributed by atoms with Gasteiger partial charge in [0, 0.05) is 32.6 Å². The van der Waals surface area contributed by atoms with E-state index >= 15 is 0 Å². The van der Waals surface area contributed by atoms with Crippen molar-refractivity contribution < 1.29 is 24.6 Å². The Morgan fingerprint density at radius 3 is 2.38 bits per heavy atom. The monoisotopic (exact) mass is 301 g/mol. The molecule has 120 valence electrons. The molecule has 0 aliphatic carbocycles. The molecule has 1 atom stereocenters. The first-order valence-electron chi connectivity index (χ1n) is 7.04. The Kier molecular flexibility index (Phi) is 6.41. The van der Waals surface area contributed by atoms with Crippen molar-refractivity contribution in [1.82, 2.24) is 15.5 Å². The zero-order valence-corrected chi connectivity index (χ0v) is 12.2. The van der Waals surface area contributed by atoms with Gasteiger partial charge in [-0.2, -0.15) is 0 Å². The largest absolute Gasteiger partial charge is 0.481 e. The Morgan fingerprint density at radius 2 is 1.81 bits per heavy atom. The number of hydrogen-bond acceptors (Lipinski definition) is 4. The molecule has 1 heterocycles. The average molecular weight is 301 g/mol. The third-order valence-electron chi connectivity index (χ3n) is 3.25. The normalized spacial score (nSPS) is 17.1. The minimum atomic E-state index is -1.51. The fourth-order valence-electron chi connectivity index (χ4n) is 2.13. The number of rotatable bonds is 7. The number of carboxylic acids is 1. The van der Waals surface area contributed by atoms with Crippen molar-refractivity contribution in [1.29, 1.82) is 0 Å². The Bertz CT molecular complexity index is 391. The maximum absolute atomic E-state index is 11.7. The van der Waals surface area contributed by atoms with Crippen LogP contribution in [0.2, 0.25) is 0 Å². The summed E-state index contributed by atoms with van der Waals surface area (Å²) < 4.78 is 0. The molecule has 0 radical (unpaired) electrons. The van der Waals surface area contributed by atoms with Gasteiger partial charge in [0.25, 0.3) is 0 Å². The number of nitrogens with one attached hydrogen (secondary N) is 2. The van der Waals surface area contributed by atoms with Crippen molar-refractivity contribution in [3.63, 3.8) is 0 Å². The second-order valence-electron chi connectivity index (χ2n) is 5.51. The highest BCUT2D eigenvalue weighted by atomic mass is 16.4. The number of aliphatic hydroxyl groups is 1. The van der Waals surface area contributed by atoms with Crippen LogP contribution in [0.5, 0.6) is 0 Å². The molecule has 8 heteroatoms. The van der Waals surface area contributed by atoms with E-state index < -0.39 is 24.0 Å². The fourth-order valence-corrected chi connectivity index (χ4v) is 2.13. The molecule has 1 rings (SSSR count). The molecule has 1 aliphatic rings. The number of likely N-dealkylation sites (tertiary alicyclic amines) is 1. The van der Waals surface area contributed by atoms with Gasteiger partial charge in [0.1, 0.15) is 0 Å². The standard InChI is InChI=1S/C13H23N3O5/c1-13(21,8-11(18)19)9-15-12(20)14-5-4-10(17)16-6-2-3-7-16/h21H,2-9H2,1H3,(H,18,19)(H2,14,15,20). The fraction of sp³-hybridized carbons (Fsp3) is 0.769. The van der Waals surface area contributed by atoms with E-state index in [0.29, 0.717) is 0 Å². The second kappa shape index (κ2) is 7.82. The summed E-state index contributed by atoms with van der Waals surface area (Å²) >= 11 is 0. The molecule has 0 aromatic carbocycles. The van der Waals surface area contributed by atoms with Gasteiger partial charge in [-0.15, -0.1) is 0 Å². The molecular formula is C13H23N3O5. The third kappa shape index (κ3) is 6.94. The van der Waals surface area contributed by atoms with E-state index in [0.717, 1.165) is 25.9 Å². The lowest BCUT2D eigenvalue weighted by molar-refractivity contribution is -0.141. The summed E-state index contributed by atoms with van der Waals surface area (Å²) in [6.45, 7) is 2.93. The van der Waals surface area contributed by atoms with Gasteiger partial charge in [-0.05, 0) is 19.8 Å². The van der Waals surface area contributed by atoms with Gasteiger partial charge in [-0.25, -0.2) is 4.79 Å². The summed E-state index contributed by atoms with van der Waals surface area (Å²) in [6.07, 6.45) is 1.83. The van der Waals surface area contributed by atoms with Crippen LogP contribution in [-0.2, 0) is 9.59 Å². The van der Waals surface area contributed by atoms with Crippen molar-refractivity contribution in [3.8, 4) is 0 Å². The lowest BCUT2D eigenvalue weighted by Gasteiger charge is -2.21. The molecule has 0 bridgehead atoms. The van der Waals surface area contributed by atoms with Crippen LogP contribution in [0.25, 0.3) is 0 Å². The predicted octanol–water partition coefficient (Wildman–Crippen LogP) is -0.476. The highest BCUT2D eigenvalue weighted by Gasteiger charge is 2.24. The molecule has 1 saturated heterocycles. The molecule has 0 saturated carbocycles. The first-order chi connectivity index (χ1) is 9.80. The smallest absolute Gasteiger partial charge is 0.314 e. The van der Waals surface area contributed by atoms with Crippen molar-refractivity contribution in [2.24, 2.45) is 0 Å². The van der Waals surface area contributed by atoms with E-state index in [1.807, 2.05) is 0 Å². The predicted molar refractivity (Wildman–Crippen MR) is 74.7 cm³/mol. The average Bonchev–Trinajstić information content (AvgIpc) is 2.88. The summed E-state index contributed by atoms with van der Waals surface area (Å²) in [5, 5.41) is 23.2. The first-order valence-corrected chi connectivity index (χ1v) is 7.04. The minimum Gasteiger partial charge on any atom is -0.481 e. The number of aliphatic carboxylic acids is 1. The van der Waals surface area contributed by atoms with Gasteiger partial charge in [0.2, 0.25) is 5.91 Å². The van der Waals surface area contributed by atoms with Crippen LogP contribution in [0.1, 0.15) is 32.6 Å². The van der Waals surface area contributed by atoms with E-state index in [4.69, 9.17) is 5.11 Å². The van der Waals surface area contributed by atoms with Gasteiger partial charge in [-0.1, -0.05) is 0 Å². The van der Waals surface area contributed by atoms with Gasteiger partial charge < -0.3 is 25.7 Å². The van der Waals surface area contributed by atoms with Gasteiger partial charge in [0.05, 0.1) is 12.0 Å². The van der Waals surface area contributed by atoms with E-state index in [2.05, 4.69) is 10.6 Å². The number of carbonyl (C=O) groups is 3. The van der Waals surface area contributed by atoms with E-state index in [1.54, 1.807) is 4.90 Å². The molecule has 1 fully saturated rings. The number of carboxylic acid groups (broad SMARTS) is 1. The molecule has 3 amide bonds. The Hall–Kier alpha value is -1.83. The summed E-state index contributed by atoms with van der Waals surface area (Å²) in [5.41, 5.74) is -1.51. The third-order valence-corrected chi connectivity index (χ3v) is 3.25. The summed E-state index contributed by atoms with van der Waals surface area (Å²) in [7, 11) is 0. The number of nitrogens with zero attached hydrogens (tertiary/aromatic N) is 1. The topological polar surface area (TPSA) is 119 Å².